The lowest BCUT2D eigenvalue weighted by Gasteiger charge is -2.35. The third kappa shape index (κ3) is 6.49. The summed E-state index contributed by atoms with van der Waals surface area (Å²) in [4.78, 5) is 15.2. The van der Waals surface area contributed by atoms with Crippen molar-refractivity contribution in [3.8, 4) is 11.1 Å². The number of hydrogen-bond donors (Lipinski definition) is 1. The van der Waals surface area contributed by atoms with E-state index in [1.807, 2.05) is 48.5 Å². The van der Waals surface area contributed by atoms with Gasteiger partial charge in [-0.25, -0.2) is 0 Å². The van der Waals surface area contributed by atoms with Gasteiger partial charge >= 0.3 is 0 Å². The van der Waals surface area contributed by atoms with Crippen molar-refractivity contribution in [2.75, 3.05) is 19.6 Å². The average molecular weight is 475 g/mol. The van der Waals surface area contributed by atoms with Gasteiger partial charge in [-0.1, -0.05) is 67.1 Å². The molecule has 0 saturated carbocycles. The van der Waals surface area contributed by atoms with Gasteiger partial charge in [0.15, 0.2) is 0 Å². The molecule has 4 heteroatoms. The van der Waals surface area contributed by atoms with E-state index >= 15 is 0 Å². The van der Waals surface area contributed by atoms with Gasteiger partial charge < -0.3 is 10.2 Å². The lowest BCUT2D eigenvalue weighted by atomic mass is 9.87. The fourth-order valence-electron chi connectivity index (χ4n) is 4.97. The van der Waals surface area contributed by atoms with E-state index in [4.69, 9.17) is 11.6 Å². The predicted octanol–water partition coefficient (Wildman–Crippen LogP) is 6.79. The second-order valence-corrected chi connectivity index (χ2v) is 9.69. The molecule has 1 amide bonds. The number of benzene rings is 3. The second-order valence-electron chi connectivity index (χ2n) is 9.25. The number of hydrogen-bond acceptors (Lipinski definition) is 2. The maximum absolute atomic E-state index is 12.5. The summed E-state index contributed by atoms with van der Waals surface area (Å²) < 4.78 is 0. The maximum atomic E-state index is 12.5. The van der Waals surface area contributed by atoms with Crippen LogP contribution in [0.4, 0.5) is 0 Å². The summed E-state index contributed by atoms with van der Waals surface area (Å²) in [5, 5.41) is 3.94. The molecule has 1 atom stereocenters. The van der Waals surface area contributed by atoms with Crippen LogP contribution in [-0.4, -0.2) is 36.5 Å². The number of rotatable bonds is 10. The van der Waals surface area contributed by atoms with E-state index in [0.29, 0.717) is 18.2 Å². The minimum Gasteiger partial charge on any atom is -0.352 e. The van der Waals surface area contributed by atoms with Gasteiger partial charge in [0, 0.05) is 23.2 Å². The number of carbonyl (C=O) groups is 1. The van der Waals surface area contributed by atoms with Gasteiger partial charge in [0.05, 0.1) is 0 Å². The summed E-state index contributed by atoms with van der Waals surface area (Å²) >= 11 is 6.18. The molecule has 3 aromatic rings. The first-order valence-corrected chi connectivity index (χ1v) is 13.0. The highest BCUT2D eigenvalue weighted by atomic mass is 35.5. The summed E-state index contributed by atoms with van der Waals surface area (Å²) in [6, 6.07) is 25.0. The minimum atomic E-state index is 0.00701. The normalized spacial score (nSPS) is 15.2. The molecule has 1 N–H and O–H groups in total. The van der Waals surface area contributed by atoms with Crippen LogP contribution in [0.5, 0.6) is 0 Å². The van der Waals surface area contributed by atoms with Crippen molar-refractivity contribution in [1.29, 1.82) is 0 Å². The highest BCUT2D eigenvalue weighted by Gasteiger charge is 2.23. The van der Waals surface area contributed by atoms with Crippen molar-refractivity contribution in [3.05, 3.63) is 94.5 Å². The molecule has 0 fully saturated rings. The van der Waals surface area contributed by atoms with Crippen LogP contribution in [0.25, 0.3) is 11.1 Å². The van der Waals surface area contributed by atoms with Crippen LogP contribution in [0.1, 0.15) is 54.1 Å². The average Bonchev–Trinajstić information content (AvgIpc) is 2.88. The Morgan fingerprint density at radius 2 is 1.71 bits per heavy atom. The Kier molecular flexibility index (Phi) is 8.79. The van der Waals surface area contributed by atoms with E-state index in [-0.39, 0.29) is 5.91 Å². The van der Waals surface area contributed by atoms with E-state index in [1.54, 1.807) is 0 Å². The first-order chi connectivity index (χ1) is 16.6. The van der Waals surface area contributed by atoms with Gasteiger partial charge in [-0.15, -0.1) is 0 Å². The molecule has 0 spiro atoms. The zero-order valence-electron chi connectivity index (χ0n) is 20.1. The SMILES string of the molecule is CCCN(CCCCNC(=O)c1ccc(-c2ccccc2)cc1)C1CCc2cc(Cl)ccc2C1. The number of fused-ring (bicyclic) bond motifs is 1. The van der Waals surface area contributed by atoms with Gasteiger partial charge in [0.2, 0.25) is 0 Å². The standard InChI is InChI=1S/C30H35ClN2O/c1-2-19-33(29-17-15-26-21-28(31)16-14-27(26)22-29)20-7-6-18-32-30(34)25-12-10-24(11-13-25)23-8-4-3-5-9-23/h3-5,8-14,16,21,29H,2,6-7,15,17-20,22H2,1H3,(H,32,34). The lowest BCUT2D eigenvalue weighted by molar-refractivity contribution is 0.0952. The van der Waals surface area contributed by atoms with Crippen molar-refractivity contribution in [2.24, 2.45) is 0 Å². The Morgan fingerprint density at radius 1 is 0.941 bits per heavy atom. The molecule has 0 radical (unpaired) electrons. The summed E-state index contributed by atoms with van der Waals surface area (Å²) in [5.74, 6) is 0.00701. The molecule has 0 bridgehead atoms. The van der Waals surface area contributed by atoms with Crippen molar-refractivity contribution in [2.45, 2.75) is 51.5 Å². The summed E-state index contributed by atoms with van der Waals surface area (Å²) in [7, 11) is 0. The number of aryl methyl sites for hydroxylation is 1. The summed E-state index contributed by atoms with van der Waals surface area (Å²) in [6.45, 7) is 5.19. The third-order valence-electron chi connectivity index (χ3n) is 6.81. The Bertz CT molecular complexity index is 1060. The van der Waals surface area contributed by atoms with E-state index in [0.717, 1.165) is 54.9 Å². The first-order valence-electron chi connectivity index (χ1n) is 12.6. The monoisotopic (exact) mass is 474 g/mol. The second kappa shape index (κ2) is 12.2. The number of nitrogens with one attached hydrogen (secondary N) is 1. The topological polar surface area (TPSA) is 32.3 Å². The minimum absolute atomic E-state index is 0.00701. The third-order valence-corrected chi connectivity index (χ3v) is 7.04. The molecule has 1 aliphatic rings. The van der Waals surface area contributed by atoms with Gasteiger partial charge in [-0.2, -0.15) is 0 Å². The molecule has 0 saturated heterocycles. The Morgan fingerprint density at radius 3 is 2.47 bits per heavy atom. The van der Waals surface area contributed by atoms with Gasteiger partial charge in [-0.05, 0) is 98.1 Å². The molecule has 178 valence electrons. The molecule has 1 unspecified atom stereocenters. The smallest absolute Gasteiger partial charge is 0.251 e. The van der Waals surface area contributed by atoms with E-state index in [9.17, 15) is 4.79 Å². The Labute approximate surface area is 209 Å². The van der Waals surface area contributed by atoms with Crippen molar-refractivity contribution in [1.82, 2.24) is 10.2 Å². The fraction of sp³-hybridized carbons (Fsp3) is 0.367. The van der Waals surface area contributed by atoms with Gasteiger partial charge in [0.25, 0.3) is 5.91 Å². The molecule has 4 rings (SSSR count). The zero-order valence-corrected chi connectivity index (χ0v) is 20.9. The number of halogens is 1. The van der Waals surface area contributed by atoms with Gasteiger partial charge in [-0.3, -0.25) is 4.79 Å². The Balaban J connectivity index is 1.21. The molecule has 34 heavy (non-hydrogen) atoms. The molecule has 1 aliphatic carbocycles. The molecular formula is C30H35ClN2O. The van der Waals surface area contributed by atoms with Crippen LogP contribution >= 0.6 is 11.6 Å². The predicted molar refractivity (Wildman–Crippen MR) is 143 cm³/mol. The molecular weight excluding hydrogens is 440 g/mol. The number of unbranched alkanes of at least 4 members (excludes halogenated alkanes) is 1. The van der Waals surface area contributed by atoms with Crippen LogP contribution in [0.3, 0.4) is 0 Å². The summed E-state index contributed by atoms with van der Waals surface area (Å²) in [6.07, 6.45) is 6.68. The maximum Gasteiger partial charge on any atom is 0.251 e. The van der Waals surface area contributed by atoms with E-state index in [2.05, 4.69) is 41.4 Å². The number of amides is 1. The van der Waals surface area contributed by atoms with Crippen molar-refractivity contribution in [3.63, 3.8) is 0 Å². The summed E-state index contributed by atoms with van der Waals surface area (Å²) in [5.41, 5.74) is 5.87. The van der Waals surface area contributed by atoms with Crippen LogP contribution in [0.15, 0.2) is 72.8 Å². The van der Waals surface area contributed by atoms with Crippen LogP contribution < -0.4 is 5.32 Å². The zero-order chi connectivity index (χ0) is 23.8. The quantitative estimate of drug-likeness (QED) is 0.328. The number of carbonyl (C=O) groups excluding carboxylic acids is 1. The van der Waals surface area contributed by atoms with E-state index < -0.39 is 0 Å². The van der Waals surface area contributed by atoms with Crippen molar-refractivity contribution >= 4 is 17.5 Å². The molecule has 0 heterocycles. The van der Waals surface area contributed by atoms with E-state index in [1.165, 1.54) is 24.0 Å². The fourth-order valence-corrected chi connectivity index (χ4v) is 5.16. The first kappa shape index (κ1) is 24.5. The molecule has 3 nitrogen and oxygen atoms in total. The van der Waals surface area contributed by atoms with Crippen LogP contribution in [0.2, 0.25) is 5.02 Å². The largest absolute Gasteiger partial charge is 0.352 e. The Hall–Kier alpha value is -2.62. The lowest BCUT2D eigenvalue weighted by Crippen LogP contribution is -2.40. The highest BCUT2D eigenvalue weighted by Crippen LogP contribution is 2.27. The molecule has 3 aromatic carbocycles. The number of nitrogens with zero attached hydrogens (tertiary/aromatic N) is 1. The van der Waals surface area contributed by atoms with Crippen LogP contribution in [0, 0.1) is 0 Å². The van der Waals surface area contributed by atoms with Crippen LogP contribution in [-0.2, 0) is 12.8 Å². The van der Waals surface area contributed by atoms with Gasteiger partial charge in [0.1, 0.15) is 0 Å². The highest BCUT2D eigenvalue weighted by molar-refractivity contribution is 6.30. The molecule has 0 aliphatic heterocycles. The van der Waals surface area contributed by atoms with Crippen molar-refractivity contribution < 1.29 is 4.79 Å². The molecule has 0 aromatic heterocycles.